The van der Waals surface area contributed by atoms with Gasteiger partial charge in [0.1, 0.15) is 17.7 Å². The van der Waals surface area contributed by atoms with Gasteiger partial charge in [-0.05, 0) is 84.1 Å². The minimum absolute atomic E-state index is 0.0265. The summed E-state index contributed by atoms with van der Waals surface area (Å²) in [5.41, 5.74) is 5.97. The standard InChI is InChI=1S/C46H55N7O5/c1-25(2)27(5)43(54)52-23-46(16-7-17-58-24-46)21-38(52)42-48-34-15-13-31-18-30(12-14-33(31)40(34)50-42)28-8-10-29(11-9-28)35-22-47-41(49-35)37-20-32-19-36(32)53(37)44(55)39(26(3)4)51-45(56)57-6/h8-15,18,22,25-27,32,36-39H,7,16-17,19-21,23-24H2,1-6H3,(H,47,49)(H,48,50)(H,51,56)/t27-,32+,36+,37-,38-,39-,46-/m0/s1. The number of rotatable bonds is 9. The molecule has 0 bridgehead atoms. The maximum atomic E-state index is 13.9. The van der Waals surface area contributed by atoms with Crippen molar-refractivity contribution in [3.05, 3.63) is 72.4 Å². The van der Waals surface area contributed by atoms with E-state index in [4.69, 9.17) is 19.4 Å². The highest BCUT2D eigenvalue weighted by Crippen LogP contribution is 2.53. The first-order valence-electron chi connectivity index (χ1n) is 21.1. The summed E-state index contributed by atoms with van der Waals surface area (Å²) in [4.78, 5) is 61.0. The fraction of sp³-hybridized carbons (Fsp3) is 0.500. The van der Waals surface area contributed by atoms with Gasteiger partial charge in [-0.15, -0.1) is 0 Å². The number of carbonyl (C=O) groups is 3. The number of alkyl carbamates (subject to hydrolysis) is 1. The Labute approximate surface area is 339 Å². The number of nitrogens with zero attached hydrogens (tertiary/aromatic N) is 4. The van der Waals surface area contributed by atoms with Gasteiger partial charge in [-0.2, -0.15) is 0 Å². The number of hydrogen-bond acceptors (Lipinski definition) is 7. The van der Waals surface area contributed by atoms with Gasteiger partial charge < -0.3 is 34.6 Å². The van der Waals surface area contributed by atoms with Crippen molar-refractivity contribution in [3.8, 4) is 22.4 Å². The third-order valence-corrected chi connectivity index (χ3v) is 13.6. The zero-order chi connectivity index (χ0) is 40.5. The van der Waals surface area contributed by atoms with Crippen molar-refractivity contribution in [3.63, 3.8) is 0 Å². The molecule has 304 valence electrons. The van der Waals surface area contributed by atoms with Gasteiger partial charge in [0, 0.05) is 35.9 Å². The van der Waals surface area contributed by atoms with Crippen LogP contribution in [-0.2, 0) is 19.1 Å². The Kier molecular flexibility index (Phi) is 9.81. The number of benzene rings is 3. The van der Waals surface area contributed by atoms with Crippen LogP contribution in [0.1, 0.15) is 90.5 Å². The summed E-state index contributed by atoms with van der Waals surface area (Å²) in [7, 11) is 1.31. The van der Waals surface area contributed by atoms with Crippen LogP contribution in [0, 0.1) is 29.1 Å². The van der Waals surface area contributed by atoms with Crippen LogP contribution >= 0.6 is 0 Å². The molecule has 5 aromatic rings. The average Bonchev–Trinajstić information content (AvgIpc) is 3.66. The van der Waals surface area contributed by atoms with Gasteiger partial charge in [0.2, 0.25) is 11.8 Å². The molecule has 12 heteroatoms. The second kappa shape index (κ2) is 14.9. The molecule has 3 N–H and O–H groups in total. The van der Waals surface area contributed by atoms with E-state index < -0.39 is 12.1 Å². The average molecular weight is 786 g/mol. The number of methoxy groups -OCH3 is 1. The van der Waals surface area contributed by atoms with Gasteiger partial charge in [-0.25, -0.2) is 14.8 Å². The number of likely N-dealkylation sites (tertiary alicyclic amines) is 2. The predicted octanol–water partition coefficient (Wildman–Crippen LogP) is 8.18. The van der Waals surface area contributed by atoms with Gasteiger partial charge in [-0.1, -0.05) is 77.1 Å². The Morgan fingerprint density at radius 2 is 1.67 bits per heavy atom. The van der Waals surface area contributed by atoms with Crippen LogP contribution in [0.5, 0.6) is 0 Å². The van der Waals surface area contributed by atoms with E-state index in [1.807, 2.05) is 31.9 Å². The van der Waals surface area contributed by atoms with E-state index >= 15 is 0 Å². The number of aromatic amines is 2. The van der Waals surface area contributed by atoms with E-state index in [-0.39, 0.29) is 53.1 Å². The van der Waals surface area contributed by atoms with Crippen LogP contribution in [-0.4, -0.2) is 86.6 Å². The molecule has 0 radical (unpaired) electrons. The van der Waals surface area contributed by atoms with Crippen LogP contribution in [0.2, 0.25) is 0 Å². The molecule has 1 aliphatic carbocycles. The first-order valence-corrected chi connectivity index (χ1v) is 21.1. The lowest BCUT2D eigenvalue weighted by Crippen LogP contribution is -2.52. The molecule has 1 spiro atoms. The van der Waals surface area contributed by atoms with Gasteiger partial charge in [0.25, 0.3) is 0 Å². The maximum absolute atomic E-state index is 13.9. The Hall–Kier alpha value is -5.23. The highest BCUT2D eigenvalue weighted by molar-refractivity contribution is 6.05. The van der Waals surface area contributed by atoms with Crippen LogP contribution < -0.4 is 5.32 Å². The zero-order valence-electron chi connectivity index (χ0n) is 34.4. The third kappa shape index (κ3) is 6.82. The summed E-state index contributed by atoms with van der Waals surface area (Å²) in [5, 5.41) is 4.93. The van der Waals surface area contributed by atoms with E-state index in [9.17, 15) is 14.4 Å². The molecule has 12 nitrogen and oxygen atoms in total. The van der Waals surface area contributed by atoms with Crippen molar-refractivity contribution in [2.45, 2.75) is 90.9 Å². The SMILES string of the molecule is COC(=O)N[C@H](C(=O)N1[C@@H]2C[C@@H]2C[C@H]1c1ncc(-c2ccc(-c3ccc4c(ccc5[nH]c([C@@H]6C[C@@]7(CCCOC7)CN6C(=O)[C@@H](C)C(C)C)nc54)c3)cc2)[nH]1)C(C)C. The Balaban J connectivity index is 0.938. The number of carbonyl (C=O) groups excluding carboxylic acids is 3. The van der Waals surface area contributed by atoms with Crippen LogP contribution in [0.4, 0.5) is 4.79 Å². The summed E-state index contributed by atoms with van der Waals surface area (Å²) in [6.07, 6.45) is 6.03. The zero-order valence-corrected chi connectivity index (χ0v) is 34.4. The lowest BCUT2D eigenvalue weighted by atomic mass is 9.80. The molecule has 3 aliphatic heterocycles. The molecule has 2 aromatic heterocycles. The second-order valence-electron chi connectivity index (χ2n) is 18.1. The number of fused-ring (bicyclic) bond motifs is 4. The van der Waals surface area contributed by atoms with Gasteiger partial charge in [0.15, 0.2) is 0 Å². The highest BCUT2D eigenvalue weighted by atomic mass is 16.5. The van der Waals surface area contributed by atoms with E-state index in [1.165, 1.54) is 7.11 Å². The molecule has 4 aliphatic rings. The minimum atomic E-state index is -0.669. The largest absolute Gasteiger partial charge is 0.453 e. The molecule has 1 saturated carbocycles. The highest BCUT2D eigenvalue weighted by Gasteiger charge is 2.56. The summed E-state index contributed by atoms with van der Waals surface area (Å²) in [5.74, 6) is 2.29. The summed E-state index contributed by atoms with van der Waals surface area (Å²) in [6.45, 7) is 12.3. The van der Waals surface area contributed by atoms with Gasteiger partial charge in [-0.3, -0.25) is 9.59 Å². The number of hydrogen-bond donors (Lipinski definition) is 3. The topological polar surface area (TPSA) is 146 Å². The van der Waals surface area contributed by atoms with Crippen molar-refractivity contribution in [2.75, 3.05) is 26.9 Å². The molecule has 7 atom stereocenters. The Morgan fingerprint density at radius 3 is 2.40 bits per heavy atom. The molecule has 3 amide bonds. The predicted molar refractivity (Wildman–Crippen MR) is 222 cm³/mol. The summed E-state index contributed by atoms with van der Waals surface area (Å²) >= 11 is 0. The van der Waals surface area contributed by atoms with E-state index in [0.717, 1.165) is 94.5 Å². The van der Waals surface area contributed by atoms with E-state index in [0.29, 0.717) is 19.1 Å². The first kappa shape index (κ1) is 38.3. The second-order valence-corrected chi connectivity index (χ2v) is 18.1. The molecule has 4 fully saturated rings. The van der Waals surface area contributed by atoms with Crippen LogP contribution in [0.15, 0.2) is 60.8 Å². The number of amides is 3. The van der Waals surface area contributed by atoms with Crippen molar-refractivity contribution >= 4 is 39.7 Å². The fourth-order valence-corrected chi connectivity index (χ4v) is 9.81. The Morgan fingerprint density at radius 1 is 0.897 bits per heavy atom. The number of H-pyrrole nitrogens is 2. The van der Waals surface area contributed by atoms with E-state index in [1.54, 1.807) is 0 Å². The van der Waals surface area contributed by atoms with Crippen molar-refractivity contribution < 1.29 is 23.9 Å². The molecular formula is C46H55N7O5. The van der Waals surface area contributed by atoms with Gasteiger partial charge >= 0.3 is 6.09 Å². The van der Waals surface area contributed by atoms with Crippen LogP contribution in [0.25, 0.3) is 44.2 Å². The Bertz CT molecular complexity index is 2360. The number of piperidine rings is 1. The molecule has 9 rings (SSSR count). The van der Waals surface area contributed by atoms with Crippen LogP contribution in [0.3, 0.4) is 0 Å². The van der Waals surface area contributed by atoms with Crippen molar-refractivity contribution in [1.82, 2.24) is 35.1 Å². The fourth-order valence-electron chi connectivity index (χ4n) is 9.81. The quantitative estimate of drug-likeness (QED) is 0.137. The van der Waals surface area contributed by atoms with Crippen molar-refractivity contribution in [1.29, 1.82) is 0 Å². The van der Waals surface area contributed by atoms with Gasteiger partial charge in [0.05, 0.1) is 48.7 Å². The number of nitrogens with one attached hydrogen (secondary N) is 3. The van der Waals surface area contributed by atoms with E-state index in [2.05, 4.69) is 88.6 Å². The summed E-state index contributed by atoms with van der Waals surface area (Å²) in [6, 6.07) is 18.5. The molecule has 5 heterocycles. The first-order chi connectivity index (χ1) is 27.9. The maximum Gasteiger partial charge on any atom is 0.407 e. The molecule has 58 heavy (non-hydrogen) atoms. The summed E-state index contributed by atoms with van der Waals surface area (Å²) < 4.78 is 10.8. The third-order valence-electron chi connectivity index (χ3n) is 13.6. The smallest absolute Gasteiger partial charge is 0.407 e. The normalized spacial score (nSPS) is 25.2. The number of imidazole rings is 2. The molecule has 3 aromatic carbocycles. The lowest BCUT2D eigenvalue weighted by molar-refractivity contribution is -0.138. The molecule has 0 unspecified atom stereocenters. The number of aromatic nitrogens is 4. The molecule has 3 saturated heterocycles. The monoisotopic (exact) mass is 785 g/mol. The molecular weight excluding hydrogens is 731 g/mol. The number of ether oxygens (including phenoxy) is 2. The minimum Gasteiger partial charge on any atom is -0.453 e. The lowest BCUT2D eigenvalue weighted by Gasteiger charge is -2.33. The van der Waals surface area contributed by atoms with Crippen molar-refractivity contribution in [2.24, 2.45) is 29.1 Å².